The Hall–Kier alpha value is -1.24. The Balaban J connectivity index is 5.11. The van der Waals surface area contributed by atoms with Crippen molar-refractivity contribution in [1.82, 2.24) is 0 Å². The molecular formula is C2H6N4O6S2. The van der Waals surface area contributed by atoms with Gasteiger partial charge in [0.1, 0.15) is 0 Å². The van der Waals surface area contributed by atoms with Gasteiger partial charge in [0.2, 0.25) is 0 Å². The van der Waals surface area contributed by atoms with E-state index in [1.807, 2.05) is 0 Å². The standard InChI is InChI=1S/C2H6N4O6S2/c3-1(13(7,8)9)5-6-2(4)14(10,11)12/h(H2,3,5)(H2,4,6)(H,7,8,9)(H,10,11,12). The third-order valence-corrected chi connectivity index (χ3v) is 2.00. The van der Waals surface area contributed by atoms with Crippen molar-refractivity contribution in [2.75, 3.05) is 0 Å². The van der Waals surface area contributed by atoms with E-state index < -0.39 is 30.6 Å². The predicted octanol–water partition coefficient (Wildman–Crippen LogP) is -2.69. The number of nitrogens with zero attached hydrogens (tertiary/aromatic N) is 2. The highest BCUT2D eigenvalue weighted by Gasteiger charge is 2.13. The predicted molar refractivity (Wildman–Crippen MR) is 46.3 cm³/mol. The molecule has 0 unspecified atom stereocenters. The molecule has 0 saturated carbocycles. The van der Waals surface area contributed by atoms with Crippen LogP contribution in [0.2, 0.25) is 0 Å². The molecule has 0 fully saturated rings. The van der Waals surface area contributed by atoms with Gasteiger partial charge in [-0.15, -0.1) is 10.2 Å². The maximum Gasteiger partial charge on any atom is 0.329 e. The lowest BCUT2D eigenvalue weighted by Gasteiger charge is -1.92. The third-order valence-electron chi connectivity index (χ3n) is 0.776. The van der Waals surface area contributed by atoms with Gasteiger partial charge in [0.15, 0.2) is 0 Å². The molecule has 0 aliphatic carbocycles. The molecule has 0 saturated heterocycles. The first-order valence-corrected chi connectivity index (χ1v) is 5.54. The Labute approximate surface area is 78.8 Å². The third kappa shape index (κ3) is 4.13. The topological polar surface area (TPSA) is 185 Å². The van der Waals surface area contributed by atoms with Crippen LogP contribution in [-0.4, -0.2) is 36.3 Å². The first-order chi connectivity index (χ1) is 6.05. The van der Waals surface area contributed by atoms with E-state index in [0.717, 1.165) is 0 Å². The van der Waals surface area contributed by atoms with E-state index in [0.29, 0.717) is 0 Å². The molecule has 0 amide bonds. The number of nitrogens with two attached hydrogens (primary N) is 2. The monoisotopic (exact) mass is 246 g/mol. The molecule has 0 radical (unpaired) electrons. The molecule has 0 aromatic heterocycles. The van der Waals surface area contributed by atoms with E-state index in [1.54, 1.807) is 0 Å². The van der Waals surface area contributed by atoms with Crippen molar-refractivity contribution < 1.29 is 25.9 Å². The van der Waals surface area contributed by atoms with E-state index in [-0.39, 0.29) is 0 Å². The molecule has 0 aliphatic heterocycles. The quantitative estimate of drug-likeness (QED) is 0.166. The second-order valence-corrected chi connectivity index (χ2v) is 4.56. The van der Waals surface area contributed by atoms with Gasteiger partial charge in [-0.05, 0) is 0 Å². The zero-order valence-electron chi connectivity index (χ0n) is 6.39. The van der Waals surface area contributed by atoms with Crippen LogP contribution in [0.3, 0.4) is 0 Å². The Morgan fingerprint density at radius 1 is 0.857 bits per heavy atom. The molecule has 14 heavy (non-hydrogen) atoms. The molecule has 0 bridgehead atoms. The van der Waals surface area contributed by atoms with Crippen molar-refractivity contribution in [2.45, 2.75) is 0 Å². The Morgan fingerprint density at radius 2 is 1.07 bits per heavy atom. The van der Waals surface area contributed by atoms with Crippen molar-refractivity contribution in [3.05, 3.63) is 0 Å². The molecule has 0 aliphatic rings. The van der Waals surface area contributed by atoms with E-state index in [4.69, 9.17) is 9.11 Å². The van der Waals surface area contributed by atoms with Gasteiger partial charge in [0.05, 0.1) is 0 Å². The van der Waals surface area contributed by atoms with Crippen LogP contribution in [0.1, 0.15) is 0 Å². The van der Waals surface area contributed by atoms with Crippen LogP contribution in [0.15, 0.2) is 10.2 Å². The summed E-state index contributed by atoms with van der Waals surface area (Å²) in [4.78, 5) is 0. The van der Waals surface area contributed by atoms with E-state index in [9.17, 15) is 16.8 Å². The minimum Gasteiger partial charge on any atom is -0.371 e. The van der Waals surface area contributed by atoms with Gasteiger partial charge in [-0.1, -0.05) is 0 Å². The summed E-state index contributed by atoms with van der Waals surface area (Å²) in [6.45, 7) is 0. The second-order valence-electron chi connectivity index (χ2n) is 1.83. The molecule has 6 N–H and O–H groups in total. The van der Waals surface area contributed by atoms with Crippen molar-refractivity contribution in [3.63, 3.8) is 0 Å². The molecule has 0 atom stereocenters. The van der Waals surface area contributed by atoms with Gasteiger partial charge in [-0.3, -0.25) is 9.11 Å². The van der Waals surface area contributed by atoms with Crippen LogP contribution < -0.4 is 11.5 Å². The molecule has 0 aromatic carbocycles. The van der Waals surface area contributed by atoms with Gasteiger partial charge >= 0.3 is 20.2 Å². The van der Waals surface area contributed by atoms with Gasteiger partial charge in [0.25, 0.3) is 10.3 Å². The molecular weight excluding hydrogens is 240 g/mol. The molecule has 0 heterocycles. The summed E-state index contributed by atoms with van der Waals surface area (Å²) in [5.41, 5.74) is 9.23. The summed E-state index contributed by atoms with van der Waals surface area (Å²) in [6, 6.07) is 0. The van der Waals surface area contributed by atoms with Crippen LogP contribution in [0.5, 0.6) is 0 Å². The van der Waals surface area contributed by atoms with Crippen LogP contribution >= 0.6 is 0 Å². The summed E-state index contributed by atoms with van der Waals surface area (Å²) in [6.07, 6.45) is 0. The van der Waals surface area contributed by atoms with Crippen molar-refractivity contribution >= 4 is 30.6 Å². The normalized spacial score (nSPS) is 15.6. The maximum atomic E-state index is 10.2. The average Bonchev–Trinajstić information content (AvgIpc) is 1.95. The average molecular weight is 246 g/mol. The van der Waals surface area contributed by atoms with Crippen molar-refractivity contribution in [3.8, 4) is 0 Å². The van der Waals surface area contributed by atoms with Crippen molar-refractivity contribution in [2.24, 2.45) is 21.7 Å². The number of amidine groups is 2. The smallest absolute Gasteiger partial charge is 0.329 e. The summed E-state index contributed by atoms with van der Waals surface area (Å²) < 4.78 is 57.1. The molecule has 0 aromatic rings. The fraction of sp³-hybridized carbons (Fsp3) is 0. The van der Waals surface area contributed by atoms with Crippen LogP contribution in [0, 0.1) is 0 Å². The zero-order valence-corrected chi connectivity index (χ0v) is 8.03. The number of hydrogen-bond acceptors (Lipinski definition) is 6. The molecule has 0 spiro atoms. The van der Waals surface area contributed by atoms with E-state index >= 15 is 0 Å². The number of hydrogen-bond donors (Lipinski definition) is 4. The maximum absolute atomic E-state index is 10.2. The van der Waals surface area contributed by atoms with E-state index in [1.165, 1.54) is 0 Å². The first kappa shape index (κ1) is 12.8. The number of rotatable bonds is 1. The van der Waals surface area contributed by atoms with Gasteiger partial charge in [-0.25, -0.2) is 0 Å². The molecule has 10 nitrogen and oxygen atoms in total. The van der Waals surface area contributed by atoms with Gasteiger partial charge < -0.3 is 11.5 Å². The highest BCUT2D eigenvalue weighted by Crippen LogP contribution is 1.87. The minimum atomic E-state index is -4.76. The lowest BCUT2D eigenvalue weighted by molar-refractivity contribution is 0.494. The highest BCUT2D eigenvalue weighted by molar-refractivity contribution is 8.01. The fourth-order valence-electron chi connectivity index (χ4n) is 0.202. The second kappa shape index (κ2) is 3.87. The summed E-state index contributed by atoms with van der Waals surface area (Å²) in [5.74, 6) is 0. The SMILES string of the molecule is N/C(=N\N=C(/N)S(=O)(=O)O)S(=O)(=O)O. The Morgan fingerprint density at radius 3 is 1.21 bits per heavy atom. The summed E-state index contributed by atoms with van der Waals surface area (Å²) in [5, 5.41) is 2.37. The lowest BCUT2D eigenvalue weighted by Crippen LogP contribution is -2.25. The van der Waals surface area contributed by atoms with Gasteiger partial charge in [-0.2, -0.15) is 16.8 Å². The first-order valence-electron chi connectivity index (χ1n) is 2.66. The van der Waals surface area contributed by atoms with Crippen LogP contribution in [0.4, 0.5) is 0 Å². The largest absolute Gasteiger partial charge is 0.371 e. The Kier molecular flexibility index (Phi) is 3.53. The molecule has 0 rings (SSSR count). The molecule has 82 valence electrons. The Bertz CT molecular complexity index is 424. The fourth-order valence-corrected chi connectivity index (χ4v) is 0.490. The van der Waals surface area contributed by atoms with Crippen LogP contribution in [-0.2, 0) is 20.2 Å². The minimum absolute atomic E-state index is 1.36. The van der Waals surface area contributed by atoms with Crippen LogP contribution in [0.25, 0.3) is 0 Å². The van der Waals surface area contributed by atoms with Crippen molar-refractivity contribution in [1.29, 1.82) is 0 Å². The summed E-state index contributed by atoms with van der Waals surface area (Å²) in [7, 11) is -9.51. The summed E-state index contributed by atoms with van der Waals surface area (Å²) >= 11 is 0. The highest BCUT2D eigenvalue weighted by atomic mass is 32.2. The molecule has 12 heteroatoms. The lowest BCUT2D eigenvalue weighted by atomic mass is 11.3. The van der Waals surface area contributed by atoms with E-state index in [2.05, 4.69) is 21.7 Å². The van der Waals surface area contributed by atoms with Gasteiger partial charge in [0, 0.05) is 0 Å². The zero-order chi connectivity index (χ0) is 11.6.